The molecule has 1 saturated carbocycles. The third-order valence-electron chi connectivity index (χ3n) is 5.16. The third kappa shape index (κ3) is 1.73. The Morgan fingerprint density at radius 2 is 1.75 bits per heavy atom. The molecule has 3 rings (SSSR count). The molecule has 1 aromatic rings. The van der Waals surface area contributed by atoms with Crippen LogP contribution in [0.4, 0.5) is 0 Å². The van der Waals surface area contributed by atoms with Gasteiger partial charge in [0.15, 0.2) is 10.8 Å². The van der Waals surface area contributed by atoms with E-state index >= 15 is 0 Å². The molecular weight excluding hydrogens is 304 g/mol. The molecule has 1 aromatic carbocycles. The van der Waals surface area contributed by atoms with E-state index in [0.29, 0.717) is 19.6 Å². The highest BCUT2D eigenvalue weighted by molar-refractivity contribution is 5.93. The van der Waals surface area contributed by atoms with E-state index in [-0.39, 0.29) is 11.8 Å². The molecule has 6 heteroatoms. The monoisotopic (exact) mass is 325 g/mol. The van der Waals surface area contributed by atoms with Crippen molar-refractivity contribution in [3.05, 3.63) is 35.9 Å². The second-order valence-electron chi connectivity index (χ2n) is 6.10. The number of ether oxygens (including phenoxy) is 2. The normalized spacial score (nSPS) is 32.3. The van der Waals surface area contributed by atoms with Crippen LogP contribution in [0.15, 0.2) is 30.3 Å². The summed E-state index contributed by atoms with van der Waals surface area (Å²) in [6.07, 6.45) is 0.562. The van der Waals surface area contributed by atoms with E-state index in [2.05, 4.69) is 17.1 Å². The summed E-state index contributed by atoms with van der Waals surface area (Å²) in [4.78, 5) is 2.97. The molecule has 1 fully saturated rings. The van der Waals surface area contributed by atoms with Crippen LogP contribution in [0.2, 0.25) is 0 Å². The third-order valence-corrected chi connectivity index (χ3v) is 5.16. The molecule has 124 valence electrons. The van der Waals surface area contributed by atoms with Gasteiger partial charge in [-0.1, -0.05) is 30.3 Å². The minimum Gasteiger partial charge on any atom is -0.314 e. The van der Waals surface area contributed by atoms with Crippen molar-refractivity contribution in [1.29, 1.82) is 10.5 Å². The highest BCUT2D eigenvalue weighted by atomic mass is 16.7. The van der Waals surface area contributed by atoms with Crippen molar-refractivity contribution in [3.8, 4) is 12.1 Å². The van der Waals surface area contributed by atoms with E-state index in [1.54, 1.807) is 0 Å². The molecule has 0 unspecified atom stereocenters. The van der Waals surface area contributed by atoms with Gasteiger partial charge < -0.3 is 9.47 Å². The van der Waals surface area contributed by atoms with Crippen LogP contribution in [0.1, 0.15) is 19.4 Å². The van der Waals surface area contributed by atoms with Crippen molar-refractivity contribution >= 4 is 5.84 Å². The number of hydrogen-bond acceptors (Lipinski definition) is 5. The molecule has 1 heterocycles. The molecule has 0 aromatic heterocycles. The minimum absolute atomic E-state index is 0.259. The molecule has 1 aliphatic carbocycles. The molecule has 3 atom stereocenters. The highest BCUT2D eigenvalue weighted by Gasteiger charge is 2.96. The predicted molar refractivity (Wildman–Crippen MR) is 85.9 cm³/mol. The van der Waals surface area contributed by atoms with E-state index in [9.17, 15) is 10.5 Å². The Bertz CT molecular complexity index is 743. The number of nitriles is 2. The van der Waals surface area contributed by atoms with E-state index in [0.717, 1.165) is 5.56 Å². The molecule has 0 bridgehead atoms. The highest BCUT2D eigenvalue weighted by Crippen LogP contribution is 2.75. The van der Waals surface area contributed by atoms with Gasteiger partial charge in [-0.2, -0.15) is 10.5 Å². The first-order chi connectivity index (χ1) is 11.6. The summed E-state index contributed by atoms with van der Waals surface area (Å²) in [7, 11) is 0. The number of nitrogens with one attached hydrogen (secondary N) is 1. The van der Waals surface area contributed by atoms with Gasteiger partial charge in [-0.25, -0.2) is 4.99 Å². The predicted octanol–water partition coefficient (Wildman–Crippen LogP) is 0.0571. The smallest absolute Gasteiger partial charge is 0.314 e. The van der Waals surface area contributed by atoms with Crippen molar-refractivity contribution in [3.63, 3.8) is 0 Å². The number of fused-ring (bicyclic) bond motifs is 1. The van der Waals surface area contributed by atoms with Gasteiger partial charge in [0.05, 0.1) is 25.4 Å². The zero-order chi connectivity index (χ0) is 17.4. The first-order valence-electron chi connectivity index (χ1n) is 8.14. The lowest BCUT2D eigenvalue weighted by atomic mass is 9.93. The molecule has 0 radical (unpaired) electrons. The standard InChI is InChI=1S/C18H20N4O2/c1-3-23-18(24-4-2)17(12-20)14(10-13-8-6-5-7-9-13)16(17,11-19)15(21)22-18/h5-9,14H,3-4,10H2,1-2H3,(H2,21,22)/p+1/t14-,16+,17+/m0/s1. The average molecular weight is 325 g/mol. The van der Waals surface area contributed by atoms with Crippen LogP contribution in [-0.2, 0) is 15.9 Å². The summed E-state index contributed by atoms with van der Waals surface area (Å²) in [5.74, 6) is -1.42. The number of nitrogens with zero attached hydrogens (tertiary/aromatic N) is 2. The fourth-order valence-corrected chi connectivity index (χ4v) is 4.19. The number of rotatable bonds is 6. The lowest BCUT2D eigenvalue weighted by Crippen LogP contribution is -2.91. The van der Waals surface area contributed by atoms with Crippen molar-refractivity contribution in [2.45, 2.75) is 26.2 Å². The van der Waals surface area contributed by atoms with Gasteiger partial charge in [0.2, 0.25) is 0 Å². The lowest BCUT2D eigenvalue weighted by molar-refractivity contribution is -0.693. The Balaban J connectivity index is 2.09. The summed E-state index contributed by atoms with van der Waals surface area (Å²) < 4.78 is 11.7. The molecule has 0 amide bonds. The molecule has 24 heavy (non-hydrogen) atoms. The average Bonchev–Trinajstić information content (AvgIpc) is 3.11. The number of nitrogens with two attached hydrogens (primary N) is 1. The van der Waals surface area contributed by atoms with Crippen molar-refractivity contribution in [2.24, 2.45) is 22.5 Å². The van der Waals surface area contributed by atoms with Crippen LogP contribution in [-0.4, -0.2) is 25.0 Å². The van der Waals surface area contributed by atoms with Gasteiger partial charge in [-0.05, 0) is 25.8 Å². The zero-order valence-corrected chi connectivity index (χ0v) is 13.9. The maximum Gasteiger partial charge on any atom is 0.342 e. The maximum absolute atomic E-state index is 10.0. The summed E-state index contributed by atoms with van der Waals surface area (Å²) in [6.45, 7) is 4.32. The van der Waals surface area contributed by atoms with Crippen LogP contribution >= 0.6 is 0 Å². The van der Waals surface area contributed by atoms with Crippen LogP contribution in [0.5, 0.6) is 0 Å². The van der Waals surface area contributed by atoms with Gasteiger partial charge in [0.1, 0.15) is 0 Å². The van der Waals surface area contributed by atoms with E-state index in [4.69, 9.17) is 15.2 Å². The number of benzene rings is 1. The van der Waals surface area contributed by atoms with E-state index in [1.807, 2.05) is 44.2 Å². The van der Waals surface area contributed by atoms with Crippen LogP contribution in [0, 0.1) is 39.4 Å². The van der Waals surface area contributed by atoms with Crippen molar-refractivity contribution in [1.82, 2.24) is 0 Å². The van der Waals surface area contributed by atoms with Crippen LogP contribution < -0.4 is 10.7 Å². The summed E-state index contributed by atoms with van der Waals surface area (Å²) in [5.41, 5.74) is 4.95. The zero-order valence-electron chi connectivity index (χ0n) is 13.9. The molecule has 3 N–H and O–H groups in total. The molecule has 0 spiro atoms. The number of hydrogen-bond donors (Lipinski definition) is 2. The number of amidine groups is 1. The molecule has 0 saturated heterocycles. The summed E-state index contributed by atoms with van der Waals surface area (Å²) in [5, 5.41) is 19.9. The van der Waals surface area contributed by atoms with Gasteiger partial charge in [0.25, 0.3) is 5.84 Å². The van der Waals surface area contributed by atoms with Crippen LogP contribution in [0.25, 0.3) is 0 Å². The Kier molecular flexibility index (Phi) is 3.83. The Hall–Kier alpha value is -2.41. The Morgan fingerprint density at radius 1 is 1.12 bits per heavy atom. The Labute approximate surface area is 141 Å². The first-order valence-corrected chi connectivity index (χ1v) is 8.14. The molecule has 1 aliphatic heterocycles. The summed E-state index contributed by atoms with van der Waals surface area (Å²) >= 11 is 0. The maximum atomic E-state index is 10.0. The van der Waals surface area contributed by atoms with Gasteiger partial charge in [-0.3, -0.25) is 5.73 Å². The van der Waals surface area contributed by atoms with E-state index < -0.39 is 16.7 Å². The summed E-state index contributed by atoms with van der Waals surface area (Å²) in [6, 6.07) is 14.4. The fourth-order valence-electron chi connectivity index (χ4n) is 4.19. The topological polar surface area (TPSA) is 106 Å². The Morgan fingerprint density at radius 3 is 2.25 bits per heavy atom. The van der Waals surface area contributed by atoms with Gasteiger partial charge in [0, 0.05) is 5.92 Å². The molecule has 2 aliphatic rings. The first kappa shape index (κ1) is 16.4. The second-order valence-corrected chi connectivity index (χ2v) is 6.10. The van der Waals surface area contributed by atoms with Crippen molar-refractivity contribution in [2.75, 3.05) is 13.2 Å². The molecule has 6 nitrogen and oxygen atoms in total. The van der Waals surface area contributed by atoms with Crippen LogP contribution in [0.3, 0.4) is 0 Å². The second kappa shape index (κ2) is 5.59. The largest absolute Gasteiger partial charge is 0.342 e. The fraction of sp³-hybridized carbons (Fsp3) is 0.500. The van der Waals surface area contributed by atoms with Gasteiger partial charge in [-0.15, -0.1) is 0 Å². The van der Waals surface area contributed by atoms with Gasteiger partial charge >= 0.3 is 5.91 Å². The van der Waals surface area contributed by atoms with Crippen molar-refractivity contribution < 1.29 is 14.5 Å². The minimum atomic E-state index is -1.38. The van der Waals surface area contributed by atoms with E-state index in [1.165, 1.54) is 0 Å². The SMILES string of the molecule is CCOC1(OCC)[NH+]=C(N)[C@@]2(C#N)[C@H](Cc3ccccc3)[C@@]12C#N. The lowest BCUT2D eigenvalue weighted by Gasteiger charge is -2.29. The molecular formula is C18H21N4O2+. The quantitative estimate of drug-likeness (QED) is 0.719.